The summed E-state index contributed by atoms with van der Waals surface area (Å²) in [7, 11) is 0. The summed E-state index contributed by atoms with van der Waals surface area (Å²) in [4.78, 5) is 24.7. The third-order valence-electron chi connectivity index (χ3n) is 10.7. The maximum Gasteiger partial charge on any atom is 0.333 e. The summed E-state index contributed by atoms with van der Waals surface area (Å²) in [6, 6.07) is 0. The first-order valence-corrected chi connectivity index (χ1v) is 12.7. The number of fused-ring (bicyclic) bond motifs is 4. The van der Waals surface area contributed by atoms with Crippen molar-refractivity contribution in [1.82, 2.24) is 0 Å². The summed E-state index contributed by atoms with van der Waals surface area (Å²) < 4.78 is 18.3. The van der Waals surface area contributed by atoms with Gasteiger partial charge in [-0.1, -0.05) is 26.8 Å². The maximum absolute atomic E-state index is 12.9. The summed E-state index contributed by atoms with van der Waals surface area (Å²) >= 11 is 0. The molecule has 0 aromatic carbocycles. The summed E-state index contributed by atoms with van der Waals surface area (Å²) in [5.41, 5.74) is 0.546. The Morgan fingerprint density at radius 2 is 1.69 bits per heavy atom. The van der Waals surface area contributed by atoms with Crippen LogP contribution in [-0.2, 0) is 23.8 Å². The molecule has 0 N–H and O–H groups in total. The average Bonchev–Trinajstić information content (AvgIpc) is 3.51. The lowest BCUT2D eigenvalue weighted by atomic mass is 9.40. The van der Waals surface area contributed by atoms with Gasteiger partial charge in [-0.25, -0.2) is 4.79 Å². The van der Waals surface area contributed by atoms with Gasteiger partial charge < -0.3 is 14.2 Å². The predicted molar refractivity (Wildman–Crippen MR) is 121 cm³/mol. The monoisotopic (exact) mass is 444 g/mol. The van der Waals surface area contributed by atoms with Crippen LogP contribution < -0.4 is 0 Å². The van der Waals surface area contributed by atoms with Gasteiger partial charge in [-0.2, -0.15) is 0 Å². The minimum absolute atomic E-state index is 0.0126. The number of allylic oxidation sites excluding steroid dienone is 1. The van der Waals surface area contributed by atoms with Crippen molar-refractivity contribution in [2.45, 2.75) is 104 Å². The fourth-order valence-electron chi connectivity index (χ4n) is 9.17. The molecule has 2 spiro atoms. The van der Waals surface area contributed by atoms with Crippen LogP contribution in [0.25, 0.3) is 0 Å². The van der Waals surface area contributed by atoms with Crippen LogP contribution in [0.3, 0.4) is 0 Å². The van der Waals surface area contributed by atoms with Crippen LogP contribution >= 0.6 is 0 Å². The minimum Gasteiger partial charge on any atom is -0.462 e. The number of hydrogen-bond donors (Lipinski definition) is 0. The number of carbonyl (C=O) groups excluding carboxylic acids is 2. The van der Waals surface area contributed by atoms with Gasteiger partial charge in [-0.3, -0.25) is 4.79 Å². The highest BCUT2D eigenvalue weighted by molar-refractivity contribution is 5.87. The molecule has 0 aromatic rings. The van der Waals surface area contributed by atoms with Crippen molar-refractivity contribution < 1.29 is 23.8 Å². The minimum atomic E-state index is -0.244. The lowest BCUT2D eigenvalue weighted by molar-refractivity contribution is -0.213. The van der Waals surface area contributed by atoms with E-state index in [0.29, 0.717) is 23.3 Å². The van der Waals surface area contributed by atoms with E-state index in [0.717, 1.165) is 38.7 Å². The fourth-order valence-corrected chi connectivity index (χ4v) is 9.17. The zero-order valence-electron chi connectivity index (χ0n) is 20.7. The molecular formula is C27H40O5. The fraction of sp³-hybridized carbons (Fsp3) is 0.852. The second-order valence-electron chi connectivity index (χ2n) is 12.3. The first kappa shape index (κ1) is 22.4. The lowest BCUT2D eigenvalue weighted by Crippen LogP contribution is -2.62. The molecule has 178 valence electrons. The first-order chi connectivity index (χ1) is 15.0. The van der Waals surface area contributed by atoms with Crippen molar-refractivity contribution in [3.63, 3.8) is 0 Å². The Morgan fingerprint density at radius 1 is 0.969 bits per heavy atom. The number of ether oxygens (including phenoxy) is 3. The van der Waals surface area contributed by atoms with E-state index in [4.69, 9.17) is 14.2 Å². The smallest absolute Gasteiger partial charge is 0.333 e. The Balaban J connectivity index is 1.50. The van der Waals surface area contributed by atoms with Crippen LogP contribution in [-0.4, -0.2) is 36.4 Å². The van der Waals surface area contributed by atoms with E-state index in [9.17, 15) is 9.59 Å². The van der Waals surface area contributed by atoms with Crippen molar-refractivity contribution in [3.8, 4) is 0 Å². The molecule has 4 aliphatic carbocycles. The molecule has 0 amide bonds. The third-order valence-corrected chi connectivity index (χ3v) is 10.7. The molecule has 4 saturated carbocycles. The van der Waals surface area contributed by atoms with Crippen LogP contribution in [0.5, 0.6) is 0 Å². The Kier molecular flexibility index (Phi) is 4.96. The maximum atomic E-state index is 12.9. The Hall–Kier alpha value is -1.36. The highest BCUT2D eigenvalue weighted by Gasteiger charge is 2.78. The molecule has 1 aliphatic heterocycles. The molecule has 32 heavy (non-hydrogen) atoms. The zero-order chi connectivity index (χ0) is 23.1. The Labute approximate surface area is 192 Å². The van der Waals surface area contributed by atoms with Crippen LogP contribution in [0.4, 0.5) is 0 Å². The number of hydrogen-bond acceptors (Lipinski definition) is 5. The zero-order valence-corrected chi connectivity index (χ0v) is 20.7. The Morgan fingerprint density at radius 3 is 2.31 bits per heavy atom. The highest BCUT2D eigenvalue weighted by Crippen LogP contribution is 2.75. The molecular weight excluding hydrogens is 404 g/mol. The normalized spacial score (nSPS) is 48.6. The lowest BCUT2D eigenvalue weighted by Gasteiger charge is -2.65. The van der Waals surface area contributed by atoms with Crippen LogP contribution in [0, 0.1) is 34.0 Å². The van der Waals surface area contributed by atoms with Crippen molar-refractivity contribution in [1.29, 1.82) is 0 Å². The number of epoxide rings is 1. The quantitative estimate of drug-likeness (QED) is 0.339. The van der Waals surface area contributed by atoms with Crippen LogP contribution in [0.2, 0.25) is 0 Å². The largest absolute Gasteiger partial charge is 0.462 e. The molecule has 5 rings (SSSR count). The molecule has 0 aromatic heterocycles. The van der Waals surface area contributed by atoms with Gasteiger partial charge in [0, 0.05) is 23.3 Å². The predicted octanol–water partition coefficient (Wildman–Crippen LogP) is 5.22. The van der Waals surface area contributed by atoms with Gasteiger partial charge in [0.15, 0.2) is 0 Å². The van der Waals surface area contributed by atoms with E-state index >= 15 is 0 Å². The van der Waals surface area contributed by atoms with Crippen molar-refractivity contribution >= 4 is 11.9 Å². The number of carbonyl (C=O) groups is 2. The van der Waals surface area contributed by atoms with E-state index in [1.807, 2.05) is 19.9 Å². The van der Waals surface area contributed by atoms with Gasteiger partial charge in [-0.05, 0) is 82.0 Å². The van der Waals surface area contributed by atoms with Gasteiger partial charge in [0.25, 0.3) is 0 Å². The third kappa shape index (κ3) is 2.85. The van der Waals surface area contributed by atoms with Crippen molar-refractivity contribution in [2.24, 2.45) is 34.0 Å². The van der Waals surface area contributed by atoms with Crippen LogP contribution in [0.1, 0.15) is 86.5 Å². The number of esters is 2. The molecule has 0 radical (unpaired) electrons. The molecule has 5 aliphatic rings. The van der Waals surface area contributed by atoms with Gasteiger partial charge in [0.2, 0.25) is 0 Å². The molecule has 1 heterocycles. The van der Waals surface area contributed by atoms with Crippen molar-refractivity contribution in [3.05, 3.63) is 11.6 Å². The van der Waals surface area contributed by atoms with Crippen LogP contribution in [0.15, 0.2) is 11.6 Å². The Bertz CT molecular complexity index is 854. The second kappa shape index (κ2) is 7.07. The molecule has 5 heteroatoms. The molecule has 5 nitrogen and oxygen atoms in total. The van der Waals surface area contributed by atoms with E-state index in [1.54, 1.807) is 0 Å². The molecule has 0 unspecified atom stereocenters. The number of rotatable bonds is 3. The second-order valence-corrected chi connectivity index (χ2v) is 12.3. The SMILES string of the molecule is C/C=C(/C)C(=O)O[C@H]1[C@@]23CC[C@@H]4C(C)(C)[C@H](OC(C)=O)CC[C@@]4(C)[C@@H]2CC[C@H](C3)[C@@]12CO2. The highest BCUT2D eigenvalue weighted by atomic mass is 16.6. The van der Waals surface area contributed by atoms with E-state index in [1.165, 1.54) is 19.8 Å². The summed E-state index contributed by atoms with van der Waals surface area (Å²) in [5.74, 6) is 1.15. The standard InChI is InChI=1S/C27H40O5/c1-7-16(2)22(29)32-23-26-13-10-19-24(4,5)21(31-17(3)28)11-12-25(19,6)20(26)9-8-18(14-26)27(23)15-30-27/h7,18-21,23H,8-15H2,1-6H3/b16-7-/t18-,19-,20+,21-,23+,25-,26-,27+/m1/s1. The van der Waals surface area contributed by atoms with E-state index < -0.39 is 0 Å². The van der Waals surface area contributed by atoms with Gasteiger partial charge in [-0.15, -0.1) is 0 Å². The topological polar surface area (TPSA) is 65.1 Å². The van der Waals surface area contributed by atoms with Crippen molar-refractivity contribution in [2.75, 3.05) is 6.61 Å². The molecule has 2 bridgehead atoms. The molecule has 8 atom stereocenters. The van der Waals surface area contributed by atoms with Gasteiger partial charge in [0.1, 0.15) is 17.8 Å². The first-order valence-electron chi connectivity index (χ1n) is 12.7. The summed E-state index contributed by atoms with van der Waals surface area (Å²) in [5, 5.41) is 0. The van der Waals surface area contributed by atoms with E-state index in [2.05, 4.69) is 20.8 Å². The van der Waals surface area contributed by atoms with Gasteiger partial charge in [0.05, 0.1) is 6.61 Å². The van der Waals surface area contributed by atoms with E-state index in [-0.39, 0.29) is 46.0 Å². The molecule has 5 fully saturated rings. The summed E-state index contributed by atoms with van der Waals surface area (Å²) in [6.07, 6.45) is 9.32. The molecule has 1 saturated heterocycles. The average molecular weight is 445 g/mol. The summed E-state index contributed by atoms with van der Waals surface area (Å²) in [6.45, 7) is 13.1. The van der Waals surface area contributed by atoms with Gasteiger partial charge >= 0.3 is 11.9 Å².